The van der Waals surface area contributed by atoms with E-state index in [1.165, 1.54) is 16.7 Å². The van der Waals surface area contributed by atoms with Crippen LogP contribution in [0.5, 0.6) is 0 Å². The molecule has 1 aliphatic heterocycles. The van der Waals surface area contributed by atoms with Crippen molar-refractivity contribution in [2.24, 2.45) is 0 Å². The monoisotopic (exact) mass is 327 g/mol. The van der Waals surface area contributed by atoms with E-state index in [1.54, 1.807) is 0 Å². The molecule has 1 fully saturated rings. The van der Waals surface area contributed by atoms with E-state index in [-0.39, 0.29) is 17.9 Å². The minimum atomic E-state index is -0.0784. The van der Waals surface area contributed by atoms with Gasteiger partial charge in [-0.25, -0.2) is 0 Å². The van der Waals surface area contributed by atoms with E-state index >= 15 is 0 Å². The quantitative estimate of drug-likeness (QED) is 0.495. The topological polar surface area (TPSA) is 20.1 Å². The van der Waals surface area contributed by atoms with Crippen molar-refractivity contribution < 1.29 is 4.79 Å². The molecule has 1 saturated heterocycles. The fourth-order valence-corrected chi connectivity index (χ4v) is 3.47. The van der Waals surface area contributed by atoms with E-state index in [1.807, 2.05) is 67.6 Å². The molecule has 3 aromatic carbocycles. The number of hydrogen-bond acceptors (Lipinski definition) is 2. The Morgan fingerprint density at radius 3 is 2.08 bits per heavy atom. The van der Waals surface area contributed by atoms with Gasteiger partial charge in [0.15, 0.2) is 5.78 Å². The van der Waals surface area contributed by atoms with Crippen molar-refractivity contribution >= 4 is 5.78 Å². The number of benzene rings is 3. The highest BCUT2D eigenvalue weighted by molar-refractivity contribution is 6.02. The first-order valence-corrected chi connectivity index (χ1v) is 8.69. The molecule has 1 heterocycles. The number of ketones is 1. The first-order valence-electron chi connectivity index (χ1n) is 8.69. The van der Waals surface area contributed by atoms with Crippen molar-refractivity contribution in [3.63, 3.8) is 0 Å². The van der Waals surface area contributed by atoms with Gasteiger partial charge in [0.1, 0.15) is 0 Å². The summed E-state index contributed by atoms with van der Waals surface area (Å²) in [5.41, 5.74) is 4.42. The molecule has 0 aromatic heterocycles. The molecule has 1 unspecified atom stereocenters. The van der Waals surface area contributed by atoms with Crippen LogP contribution in [-0.4, -0.2) is 16.7 Å². The van der Waals surface area contributed by atoms with Crippen LogP contribution in [0.3, 0.4) is 0 Å². The van der Waals surface area contributed by atoms with E-state index in [4.69, 9.17) is 0 Å². The van der Waals surface area contributed by atoms with Gasteiger partial charge < -0.3 is 0 Å². The average Bonchev–Trinajstić information content (AvgIpc) is 3.37. The number of rotatable bonds is 5. The molecule has 0 radical (unpaired) electrons. The molecular weight excluding hydrogens is 306 g/mol. The summed E-state index contributed by atoms with van der Waals surface area (Å²) in [6.45, 7) is 2.84. The summed E-state index contributed by atoms with van der Waals surface area (Å²) in [7, 11) is 0. The number of Topliss-reactive ketones (excluding diaryl/α,β-unsaturated/α-hetero) is 1. The zero-order valence-electron chi connectivity index (χ0n) is 14.3. The fraction of sp³-hybridized carbons (Fsp3) is 0.174. The highest BCUT2D eigenvalue weighted by atomic mass is 16.1. The summed E-state index contributed by atoms with van der Waals surface area (Å²) in [5, 5.41) is 0. The second kappa shape index (κ2) is 6.66. The molecule has 0 aliphatic carbocycles. The molecule has 0 N–H and O–H groups in total. The van der Waals surface area contributed by atoms with Gasteiger partial charge in [-0.2, -0.15) is 0 Å². The lowest BCUT2D eigenvalue weighted by Crippen LogP contribution is -2.13. The van der Waals surface area contributed by atoms with Gasteiger partial charge in [-0.3, -0.25) is 9.69 Å². The van der Waals surface area contributed by atoms with Crippen LogP contribution in [0, 0.1) is 6.92 Å². The van der Waals surface area contributed by atoms with Crippen molar-refractivity contribution in [2.45, 2.75) is 25.6 Å². The molecule has 0 spiro atoms. The van der Waals surface area contributed by atoms with Crippen molar-refractivity contribution in [1.82, 2.24) is 4.90 Å². The Labute approximate surface area is 148 Å². The third-order valence-electron chi connectivity index (χ3n) is 4.88. The average molecular weight is 327 g/mol. The fourth-order valence-electron chi connectivity index (χ4n) is 3.47. The van der Waals surface area contributed by atoms with Crippen LogP contribution in [0.15, 0.2) is 84.9 Å². The number of aryl methyl sites for hydroxylation is 1. The first-order chi connectivity index (χ1) is 12.2. The molecule has 3 aromatic rings. The Balaban J connectivity index is 1.61. The molecule has 25 heavy (non-hydrogen) atoms. The number of nitrogens with zero attached hydrogens (tertiary/aromatic N) is 1. The Kier molecular flexibility index (Phi) is 4.21. The Hall–Kier alpha value is -2.71. The summed E-state index contributed by atoms with van der Waals surface area (Å²) < 4.78 is 0. The molecule has 2 nitrogen and oxygen atoms in total. The van der Waals surface area contributed by atoms with E-state index in [0.717, 1.165) is 12.1 Å². The smallest absolute Gasteiger partial charge is 0.181 e. The zero-order chi connectivity index (χ0) is 17.2. The van der Waals surface area contributed by atoms with Crippen molar-refractivity contribution in [3.8, 4) is 0 Å². The van der Waals surface area contributed by atoms with E-state index in [9.17, 15) is 4.79 Å². The van der Waals surface area contributed by atoms with E-state index in [2.05, 4.69) is 29.2 Å². The van der Waals surface area contributed by atoms with E-state index in [0.29, 0.717) is 0 Å². The van der Waals surface area contributed by atoms with Gasteiger partial charge >= 0.3 is 0 Å². The largest absolute Gasteiger partial charge is 0.292 e. The standard InChI is InChI=1S/C23H21NO/c1-17-12-14-20(15-13-17)23(25)22-21(19-10-6-3-7-11-19)24(22)16-18-8-4-2-5-9-18/h2-15,21-22H,16H2,1H3/t21-,22+,24?/m0/s1. The molecule has 3 atom stereocenters. The van der Waals surface area contributed by atoms with Crippen molar-refractivity contribution in [3.05, 3.63) is 107 Å². The van der Waals surface area contributed by atoms with Crippen LogP contribution in [-0.2, 0) is 6.54 Å². The molecule has 2 heteroatoms. The minimum Gasteiger partial charge on any atom is -0.292 e. The number of carbonyl (C=O) groups is 1. The summed E-state index contributed by atoms with van der Waals surface area (Å²) >= 11 is 0. The second-order valence-corrected chi connectivity index (χ2v) is 6.69. The molecule has 4 rings (SSSR count). The lowest BCUT2D eigenvalue weighted by Gasteiger charge is -2.04. The highest BCUT2D eigenvalue weighted by Crippen LogP contribution is 2.45. The van der Waals surface area contributed by atoms with Crippen LogP contribution >= 0.6 is 0 Å². The lowest BCUT2D eigenvalue weighted by molar-refractivity contribution is 0.0973. The normalized spacial score (nSPS) is 21.7. The van der Waals surface area contributed by atoms with Crippen LogP contribution in [0.1, 0.15) is 33.1 Å². The molecule has 0 saturated carbocycles. The van der Waals surface area contributed by atoms with Gasteiger partial charge in [-0.05, 0) is 18.1 Å². The number of hydrogen-bond donors (Lipinski definition) is 0. The predicted octanol–water partition coefficient (Wildman–Crippen LogP) is 4.80. The summed E-state index contributed by atoms with van der Waals surface area (Å²) in [5.74, 6) is 0.213. The van der Waals surface area contributed by atoms with Gasteiger partial charge in [0, 0.05) is 12.1 Å². The van der Waals surface area contributed by atoms with Crippen LogP contribution < -0.4 is 0 Å². The summed E-state index contributed by atoms with van der Waals surface area (Å²) in [6, 6.07) is 28.7. The maximum absolute atomic E-state index is 13.1. The van der Waals surface area contributed by atoms with Gasteiger partial charge in [-0.15, -0.1) is 0 Å². The third kappa shape index (κ3) is 3.26. The van der Waals surface area contributed by atoms with Gasteiger partial charge in [0.25, 0.3) is 0 Å². The van der Waals surface area contributed by atoms with Gasteiger partial charge in [-0.1, -0.05) is 90.5 Å². The Morgan fingerprint density at radius 2 is 1.44 bits per heavy atom. The number of carbonyl (C=O) groups excluding carboxylic acids is 1. The lowest BCUT2D eigenvalue weighted by atomic mass is 10.0. The maximum atomic E-state index is 13.1. The third-order valence-corrected chi connectivity index (χ3v) is 4.88. The van der Waals surface area contributed by atoms with Gasteiger partial charge in [0.05, 0.1) is 12.1 Å². The van der Waals surface area contributed by atoms with Crippen molar-refractivity contribution in [2.75, 3.05) is 0 Å². The molecule has 0 amide bonds. The highest BCUT2D eigenvalue weighted by Gasteiger charge is 2.52. The van der Waals surface area contributed by atoms with Crippen LogP contribution in [0.25, 0.3) is 0 Å². The predicted molar refractivity (Wildman–Crippen MR) is 100 cm³/mol. The minimum absolute atomic E-state index is 0.0784. The Morgan fingerprint density at radius 1 is 0.840 bits per heavy atom. The molecular formula is C23H21NO. The van der Waals surface area contributed by atoms with Crippen molar-refractivity contribution in [1.29, 1.82) is 0 Å². The first kappa shape index (κ1) is 15.8. The summed E-state index contributed by atoms with van der Waals surface area (Å²) in [6.07, 6.45) is 0. The SMILES string of the molecule is Cc1ccc(C(=O)[C@H]2[C@H](c3ccccc3)N2Cc2ccccc2)cc1. The van der Waals surface area contributed by atoms with E-state index < -0.39 is 0 Å². The zero-order valence-corrected chi connectivity index (χ0v) is 14.3. The van der Waals surface area contributed by atoms with Gasteiger partial charge in [0.2, 0.25) is 0 Å². The Bertz CT molecular complexity index is 856. The molecule has 1 aliphatic rings. The maximum Gasteiger partial charge on any atom is 0.181 e. The molecule has 124 valence electrons. The molecule has 0 bridgehead atoms. The van der Waals surface area contributed by atoms with Crippen LogP contribution in [0.2, 0.25) is 0 Å². The van der Waals surface area contributed by atoms with Crippen LogP contribution in [0.4, 0.5) is 0 Å². The summed E-state index contributed by atoms with van der Waals surface area (Å²) in [4.78, 5) is 15.3. The second-order valence-electron chi connectivity index (χ2n) is 6.69.